The second-order valence-corrected chi connectivity index (χ2v) is 9.70. The van der Waals surface area contributed by atoms with Crippen molar-refractivity contribution in [3.8, 4) is 11.4 Å². The number of carbonyl (C=O) groups is 1. The summed E-state index contributed by atoms with van der Waals surface area (Å²) >= 11 is 1.24. The third-order valence-electron chi connectivity index (χ3n) is 4.80. The first-order valence-corrected chi connectivity index (χ1v) is 12.4. The number of primary sulfonamides is 1. The Morgan fingerprint density at radius 3 is 2.52 bits per heavy atom. The summed E-state index contributed by atoms with van der Waals surface area (Å²) in [4.78, 5) is 12.5. The number of nitrogens with two attached hydrogens (primary N) is 1. The highest BCUT2D eigenvalue weighted by atomic mass is 32.2. The van der Waals surface area contributed by atoms with Crippen molar-refractivity contribution in [3.63, 3.8) is 0 Å². The monoisotopic (exact) mass is 483 g/mol. The van der Waals surface area contributed by atoms with Gasteiger partial charge in [0, 0.05) is 11.3 Å². The molecular weight excluding hydrogens is 462 g/mol. The average molecular weight is 484 g/mol. The maximum Gasteiger partial charge on any atom is 0.238 e. The van der Waals surface area contributed by atoms with Gasteiger partial charge in [0.1, 0.15) is 5.76 Å². The summed E-state index contributed by atoms with van der Waals surface area (Å²) in [7, 11) is -3.79. The molecule has 0 bridgehead atoms. The molecule has 4 aromatic rings. The fraction of sp³-hybridized carbons (Fsp3) is 0.136. The number of amides is 1. The van der Waals surface area contributed by atoms with Crippen molar-refractivity contribution >= 4 is 33.4 Å². The van der Waals surface area contributed by atoms with Crippen LogP contribution >= 0.6 is 11.8 Å². The Morgan fingerprint density at radius 2 is 1.85 bits per heavy atom. The van der Waals surface area contributed by atoms with Gasteiger partial charge in [-0.05, 0) is 48.9 Å². The van der Waals surface area contributed by atoms with E-state index in [1.165, 1.54) is 36.0 Å². The van der Waals surface area contributed by atoms with Crippen LogP contribution in [0.5, 0.6) is 0 Å². The van der Waals surface area contributed by atoms with Gasteiger partial charge >= 0.3 is 0 Å². The Labute approximate surface area is 195 Å². The number of aryl methyl sites for hydroxylation is 1. The van der Waals surface area contributed by atoms with Crippen molar-refractivity contribution in [3.05, 3.63) is 78.3 Å². The highest BCUT2D eigenvalue weighted by Crippen LogP contribution is 2.27. The van der Waals surface area contributed by atoms with Gasteiger partial charge in [-0.2, -0.15) is 0 Å². The fourth-order valence-electron chi connectivity index (χ4n) is 3.17. The lowest BCUT2D eigenvalue weighted by atomic mass is 10.1. The van der Waals surface area contributed by atoms with Crippen LogP contribution in [0.1, 0.15) is 11.3 Å². The van der Waals surface area contributed by atoms with Gasteiger partial charge in [-0.3, -0.25) is 9.36 Å². The van der Waals surface area contributed by atoms with E-state index in [2.05, 4.69) is 15.5 Å². The summed E-state index contributed by atoms with van der Waals surface area (Å²) in [5.41, 5.74) is 2.47. The fourth-order valence-corrected chi connectivity index (χ4v) is 4.43. The molecule has 0 radical (unpaired) electrons. The van der Waals surface area contributed by atoms with Crippen molar-refractivity contribution in [2.24, 2.45) is 5.14 Å². The predicted octanol–water partition coefficient (Wildman–Crippen LogP) is 3.27. The molecule has 0 saturated heterocycles. The number of nitrogens with one attached hydrogen (secondary N) is 1. The van der Waals surface area contributed by atoms with E-state index in [1.54, 1.807) is 6.26 Å². The van der Waals surface area contributed by atoms with E-state index in [0.717, 1.165) is 16.9 Å². The number of hydrogen-bond acceptors (Lipinski definition) is 7. The first-order chi connectivity index (χ1) is 15.8. The van der Waals surface area contributed by atoms with Crippen LogP contribution in [-0.4, -0.2) is 34.8 Å². The molecule has 3 N–H and O–H groups in total. The van der Waals surface area contributed by atoms with Gasteiger partial charge in [0.15, 0.2) is 11.0 Å². The standard InChI is InChI=1S/C22H21N5O4S2/c1-15-5-2-3-7-19(15)21-25-26-22(27(21)13-17-6-4-12-31-17)32-14-20(28)24-16-8-10-18(11-9-16)33(23,29)30/h2-12H,13-14H2,1H3,(H,24,28)(H2,23,29,30). The Morgan fingerprint density at radius 1 is 1.09 bits per heavy atom. The maximum atomic E-state index is 12.5. The predicted molar refractivity (Wildman–Crippen MR) is 125 cm³/mol. The van der Waals surface area contributed by atoms with E-state index in [9.17, 15) is 13.2 Å². The van der Waals surface area contributed by atoms with Crippen LogP contribution in [-0.2, 0) is 21.4 Å². The first kappa shape index (κ1) is 22.8. The maximum absolute atomic E-state index is 12.5. The third kappa shape index (κ3) is 5.51. The van der Waals surface area contributed by atoms with Gasteiger partial charge < -0.3 is 9.73 Å². The van der Waals surface area contributed by atoms with E-state index in [4.69, 9.17) is 9.56 Å². The smallest absolute Gasteiger partial charge is 0.238 e. The summed E-state index contributed by atoms with van der Waals surface area (Å²) in [6.45, 7) is 2.42. The van der Waals surface area contributed by atoms with Crippen molar-refractivity contribution in [2.75, 3.05) is 11.1 Å². The molecule has 0 aliphatic rings. The van der Waals surface area contributed by atoms with Crippen molar-refractivity contribution in [1.82, 2.24) is 14.8 Å². The van der Waals surface area contributed by atoms with Crippen LogP contribution in [0, 0.1) is 6.92 Å². The van der Waals surface area contributed by atoms with E-state index < -0.39 is 10.0 Å². The van der Waals surface area contributed by atoms with Gasteiger partial charge in [-0.1, -0.05) is 36.0 Å². The second kappa shape index (κ2) is 9.61. The van der Waals surface area contributed by atoms with E-state index in [-0.39, 0.29) is 16.6 Å². The van der Waals surface area contributed by atoms with E-state index in [1.807, 2.05) is 47.9 Å². The zero-order chi connectivity index (χ0) is 23.4. The minimum atomic E-state index is -3.79. The molecule has 0 unspecified atom stereocenters. The summed E-state index contributed by atoms with van der Waals surface area (Å²) in [6.07, 6.45) is 1.61. The zero-order valence-corrected chi connectivity index (χ0v) is 19.3. The Bertz CT molecular complexity index is 1360. The number of anilines is 1. The van der Waals surface area contributed by atoms with E-state index in [0.29, 0.717) is 23.2 Å². The molecule has 0 spiro atoms. The number of carbonyl (C=O) groups excluding carboxylic acids is 1. The average Bonchev–Trinajstić information content (AvgIpc) is 3.43. The lowest BCUT2D eigenvalue weighted by Gasteiger charge is -2.10. The molecule has 0 atom stereocenters. The topological polar surface area (TPSA) is 133 Å². The van der Waals surface area contributed by atoms with Gasteiger partial charge in [-0.25, -0.2) is 13.6 Å². The van der Waals surface area contributed by atoms with Crippen LogP contribution in [0.3, 0.4) is 0 Å². The molecule has 4 rings (SSSR count). The molecule has 0 saturated carbocycles. The number of aromatic nitrogens is 3. The number of hydrogen-bond donors (Lipinski definition) is 2. The largest absolute Gasteiger partial charge is 0.467 e. The van der Waals surface area contributed by atoms with Crippen molar-refractivity contribution < 1.29 is 17.6 Å². The molecule has 2 aromatic heterocycles. The lowest BCUT2D eigenvalue weighted by molar-refractivity contribution is -0.113. The molecule has 11 heteroatoms. The van der Waals surface area contributed by atoms with E-state index >= 15 is 0 Å². The summed E-state index contributed by atoms with van der Waals surface area (Å²) in [6, 6.07) is 17.2. The van der Waals surface area contributed by atoms with Gasteiger partial charge in [0.2, 0.25) is 15.9 Å². The Balaban J connectivity index is 1.50. The Hall–Kier alpha value is -3.41. The summed E-state index contributed by atoms with van der Waals surface area (Å²) in [5, 5.41) is 17.1. The highest BCUT2D eigenvalue weighted by molar-refractivity contribution is 7.99. The number of rotatable bonds is 8. The minimum absolute atomic E-state index is 0.0235. The van der Waals surface area contributed by atoms with Gasteiger partial charge in [0.05, 0.1) is 23.5 Å². The molecule has 0 aliphatic heterocycles. The van der Waals surface area contributed by atoms with Crippen LogP contribution < -0.4 is 10.5 Å². The molecule has 2 heterocycles. The molecule has 170 valence electrons. The number of furan rings is 1. The molecule has 33 heavy (non-hydrogen) atoms. The summed E-state index contributed by atoms with van der Waals surface area (Å²) < 4.78 is 30.1. The Kier molecular flexibility index (Phi) is 6.63. The molecule has 0 fully saturated rings. The number of benzene rings is 2. The molecule has 1 amide bonds. The molecule has 2 aromatic carbocycles. The van der Waals surface area contributed by atoms with Crippen molar-refractivity contribution in [1.29, 1.82) is 0 Å². The van der Waals surface area contributed by atoms with Crippen LogP contribution in [0.25, 0.3) is 11.4 Å². The van der Waals surface area contributed by atoms with Crippen LogP contribution in [0.4, 0.5) is 5.69 Å². The minimum Gasteiger partial charge on any atom is -0.467 e. The normalized spacial score (nSPS) is 11.5. The van der Waals surface area contributed by atoms with Gasteiger partial charge in [0.25, 0.3) is 0 Å². The van der Waals surface area contributed by atoms with Gasteiger partial charge in [-0.15, -0.1) is 10.2 Å². The molecule has 9 nitrogen and oxygen atoms in total. The highest BCUT2D eigenvalue weighted by Gasteiger charge is 2.18. The van der Waals surface area contributed by atoms with Crippen molar-refractivity contribution in [2.45, 2.75) is 23.5 Å². The lowest BCUT2D eigenvalue weighted by Crippen LogP contribution is -2.15. The second-order valence-electron chi connectivity index (χ2n) is 7.19. The SMILES string of the molecule is Cc1ccccc1-c1nnc(SCC(=O)Nc2ccc(S(N)(=O)=O)cc2)n1Cc1ccco1. The van der Waals surface area contributed by atoms with Crippen LogP contribution in [0.2, 0.25) is 0 Å². The molecule has 0 aliphatic carbocycles. The quantitative estimate of drug-likeness (QED) is 0.367. The number of nitrogens with zero attached hydrogens (tertiary/aromatic N) is 3. The molecular formula is C22H21N5O4S2. The third-order valence-corrected chi connectivity index (χ3v) is 6.69. The number of thioether (sulfide) groups is 1. The zero-order valence-electron chi connectivity index (χ0n) is 17.6. The van der Waals surface area contributed by atoms with Crippen LogP contribution in [0.15, 0.2) is 81.4 Å². The first-order valence-electron chi connectivity index (χ1n) is 9.88. The summed E-state index contributed by atoms with van der Waals surface area (Å²) in [5.74, 6) is 1.24. The number of sulfonamides is 1.